The molecule has 6 aliphatic rings. The maximum atomic E-state index is 13.2. The minimum absolute atomic E-state index is 0.269. The number of aliphatic hydroxyl groups excluding tert-OH is 20. The zero-order chi connectivity index (χ0) is 62.0. The average molecular weight is 1230 g/mol. The van der Waals surface area contributed by atoms with E-state index >= 15 is 0 Å². The van der Waals surface area contributed by atoms with Crippen LogP contribution in [0.4, 0.5) is 0 Å². The number of rotatable bonds is 27. The Morgan fingerprint density at radius 2 is 0.643 bits per heavy atom. The van der Waals surface area contributed by atoms with Gasteiger partial charge in [-0.25, -0.2) is 0 Å². The van der Waals surface area contributed by atoms with Gasteiger partial charge in [0.05, 0.1) is 65.9 Å². The van der Waals surface area contributed by atoms with Gasteiger partial charge in [0.15, 0.2) is 37.7 Å². The number of amides is 2. The molecule has 0 saturated carbocycles. The Hall–Kier alpha value is -2.38. The van der Waals surface area contributed by atoms with Gasteiger partial charge < -0.3 is 170 Å². The van der Waals surface area contributed by atoms with Crippen LogP contribution in [0.5, 0.6) is 0 Å². The molecule has 6 fully saturated rings. The van der Waals surface area contributed by atoms with Crippen LogP contribution < -0.4 is 10.6 Å². The molecule has 0 spiro atoms. The quantitative estimate of drug-likeness (QED) is 0.0340. The van der Waals surface area contributed by atoms with E-state index in [4.69, 9.17) is 56.8 Å². The van der Waals surface area contributed by atoms with E-state index in [1.54, 1.807) is 13.8 Å². The Labute approximate surface area is 478 Å². The Balaban J connectivity index is 1.01. The SMILES string of the molecule is CC(C)N(CC(=O)NCCO[C@H]1O[C@H](COC2O[C@H](CO)[C@@H](O)[C@H](O)[C@@H]2O)[C@@H](O)[C@H](O[C@H]2O[C@H](CO)[C@@H](O)[C@H](O)[C@@H]2O)[C@@H]1O)CC(=O)NCCO[C@H]1O[C@H](CO[C@H]2O[C@H](CO)[C@@H](O)[C@H](O)[C@@H]2O)[C@@H](O)[C@H](O[C@H]2O[C@H](CO)[C@@H](O)[C@H](O)[C@@H]2O)[C@@H]1O. The van der Waals surface area contributed by atoms with Gasteiger partial charge in [-0.15, -0.1) is 0 Å². The van der Waals surface area contributed by atoms with E-state index < -0.39 is 255 Å². The molecule has 30 atom stereocenters. The standard InChI is InChI=1S/C47H83N3O34/c1-15(2)50(7-22(55)48-3-5-73-44-38(71)40(83-46-36(69)32(65)26(59)18(11-53)79-46)28(61)20(81-44)13-75-42-34(67)30(63)24(57)16(9-51)77-42)8-23(56)49-4-6-74-45-39(72)41(84-47-37(70)33(66)27(60)19(12-54)80-47)29(62)21(82-45)14-76-43-35(68)31(64)25(58)17(10-52)78-43/h15-21,24-47,51-54,57-72H,3-14H2,1-2H3,(H,48,55)(H,49,56)/t16-,17-,18-,19-,20-,21-,24-,25-,26-,27-,28-,29-,30+,31+,32+,33+,34+,35+,36+,37+,38+,39+,40+,41+,42+,43?,44+,45+,46-,47-/m1/s1. The maximum Gasteiger partial charge on any atom is 0.234 e. The normalized spacial score (nSPS) is 45.0. The van der Waals surface area contributed by atoms with Crippen molar-refractivity contribution in [1.29, 1.82) is 0 Å². The van der Waals surface area contributed by atoms with E-state index in [1.165, 1.54) is 4.90 Å². The second-order valence-corrected chi connectivity index (χ2v) is 21.1. The molecule has 0 aromatic rings. The van der Waals surface area contributed by atoms with Gasteiger partial charge >= 0.3 is 0 Å². The van der Waals surface area contributed by atoms with Crippen molar-refractivity contribution >= 4 is 11.8 Å². The fourth-order valence-electron chi connectivity index (χ4n) is 9.77. The highest BCUT2D eigenvalue weighted by Crippen LogP contribution is 2.33. The highest BCUT2D eigenvalue weighted by molar-refractivity contribution is 5.81. The highest BCUT2D eigenvalue weighted by atomic mass is 16.8. The van der Waals surface area contributed by atoms with Gasteiger partial charge in [0.1, 0.15) is 146 Å². The van der Waals surface area contributed by atoms with Crippen molar-refractivity contribution in [3.63, 3.8) is 0 Å². The van der Waals surface area contributed by atoms with Crippen molar-refractivity contribution < 1.29 is 169 Å². The number of nitrogens with one attached hydrogen (secondary N) is 2. The summed E-state index contributed by atoms with van der Waals surface area (Å²) in [5.74, 6) is -1.26. The molecule has 0 aromatic heterocycles. The predicted molar refractivity (Wildman–Crippen MR) is 263 cm³/mol. The molecule has 6 heterocycles. The highest BCUT2D eigenvalue weighted by Gasteiger charge is 2.55. The molecule has 37 heteroatoms. The van der Waals surface area contributed by atoms with Crippen molar-refractivity contribution in [1.82, 2.24) is 15.5 Å². The first-order valence-corrected chi connectivity index (χ1v) is 27.1. The molecule has 0 aliphatic carbocycles. The Morgan fingerprint density at radius 1 is 0.369 bits per heavy atom. The number of nitrogens with zero attached hydrogens (tertiary/aromatic N) is 1. The van der Waals surface area contributed by atoms with Crippen LogP contribution in [0, 0.1) is 0 Å². The number of carbonyl (C=O) groups excluding carboxylic acids is 2. The zero-order valence-corrected chi connectivity index (χ0v) is 45.5. The molecule has 6 saturated heterocycles. The fraction of sp³-hybridized carbons (Fsp3) is 0.957. The molecule has 1 unspecified atom stereocenters. The van der Waals surface area contributed by atoms with E-state index in [1.807, 2.05) is 0 Å². The largest absolute Gasteiger partial charge is 0.394 e. The van der Waals surface area contributed by atoms with Gasteiger partial charge in [-0.05, 0) is 13.8 Å². The fourth-order valence-corrected chi connectivity index (χ4v) is 9.77. The summed E-state index contributed by atoms with van der Waals surface area (Å²) < 4.78 is 66.9. The lowest BCUT2D eigenvalue weighted by molar-refractivity contribution is -0.366. The minimum atomic E-state index is -1.99. The predicted octanol–water partition coefficient (Wildman–Crippen LogP) is -15.1. The molecule has 84 heavy (non-hydrogen) atoms. The molecule has 490 valence electrons. The summed E-state index contributed by atoms with van der Waals surface area (Å²) in [7, 11) is 0. The second kappa shape index (κ2) is 32.4. The molecule has 0 aromatic carbocycles. The van der Waals surface area contributed by atoms with Crippen molar-refractivity contribution in [2.24, 2.45) is 0 Å². The molecule has 6 aliphatic heterocycles. The smallest absolute Gasteiger partial charge is 0.234 e. The summed E-state index contributed by atoms with van der Waals surface area (Å²) in [6.07, 6.45) is -53.1. The van der Waals surface area contributed by atoms with Gasteiger partial charge in [0.25, 0.3) is 0 Å². The van der Waals surface area contributed by atoms with E-state index in [9.17, 15) is 112 Å². The first-order valence-electron chi connectivity index (χ1n) is 27.1. The molecular weight excluding hydrogens is 1150 g/mol. The van der Waals surface area contributed by atoms with E-state index in [-0.39, 0.29) is 26.2 Å². The number of carbonyl (C=O) groups is 2. The van der Waals surface area contributed by atoms with Gasteiger partial charge in [-0.2, -0.15) is 0 Å². The lowest BCUT2D eigenvalue weighted by atomic mass is 9.96. The molecule has 2 amide bonds. The second-order valence-electron chi connectivity index (χ2n) is 21.1. The van der Waals surface area contributed by atoms with Crippen LogP contribution in [0.2, 0.25) is 0 Å². The number of hydrogen-bond acceptors (Lipinski definition) is 35. The third kappa shape index (κ3) is 17.1. The summed E-state index contributed by atoms with van der Waals surface area (Å²) in [5.41, 5.74) is 0. The Morgan fingerprint density at radius 3 is 0.940 bits per heavy atom. The van der Waals surface area contributed by atoms with E-state index in [2.05, 4.69) is 10.6 Å². The van der Waals surface area contributed by atoms with Gasteiger partial charge in [0, 0.05) is 19.1 Å². The molecule has 0 radical (unpaired) electrons. The monoisotopic (exact) mass is 1230 g/mol. The van der Waals surface area contributed by atoms with Crippen LogP contribution in [0.3, 0.4) is 0 Å². The summed E-state index contributed by atoms with van der Waals surface area (Å²) in [4.78, 5) is 27.8. The average Bonchev–Trinajstić information content (AvgIpc) is 2.12. The Kier molecular flexibility index (Phi) is 27.3. The first kappa shape index (κ1) is 70.7. The first-order chi connectivity index (χ1) is 39.8. The Bertz CT molecular complexity index is 1840. The van der Waals surface area contributed by atoms with Gasteiger partial charge in [-0.3, -0.25) is 14.5 Å². The van der Waals surface area contributed by atoms with Gasteiger partial charge in [-0.1, -0.05) is 0 Å². The lowest BCUT2D eigenvalue weighted by Gasteiger charge is -2.46. The minimum Gasteiger partial charge on any atom is -0.394 e. The van der Waals surface area contributed by atoms with Crippen LogP contribution in [0.25, 0.3) is 0 Å². The summed E-state index contributed by atoms with van der Waals surface area (Å²) >= 11 is 0. The van der Waals surface area contributed by atoms with E-state index in [0.717, 1.165) is 0 Å². The summed E-state index contributed by atoms with van der Waals surface area (Å²) in [6.45, 7) is -3.47. The molecule has 0 bridgehead atoms. The van der Waals surface area contributed by atoms with Crippen molar-refractivity contribution in [2.45, 2.75) is 204 Å². The lowest BCUT2D eigenvalue weighted by Crippen LogP contribution is -2.65. The van der Waals surface area contributed by atoms with Crippen LogP contribution in [0.1, 0.15) is 13.8 Å². The van der Waals surface area contributed by atoms with Crippen molar-refractivity contribution in [3.05, 3.63) is 0 Å². The van der Waals surface area contributed by atoms with Crippen LogP contribution in [0.15, 0.2) is 0 Å². The van der Waals surface area contributed by atoms with Crippen LogP contribution >= 0.6 is 0 Å². The molecular formula is C47H83N3O34. The van der Waals surface area contributed by atoms with Crippen LogP contribution in [-0.4, -0.2) is 388 Å². The van der Waals surface area contributed by atoms with E-state index in [0.29, 0.717) is 0 Å². The third-order valence-electron chi connectivity index (χ3n) is 14.9. The third-order valence-corrected chi connectivity index (χ3v) is 14.9. The summed E-state index contributed by atoms with van der Waals surface area (Å²) in [6, 6.07) is -0.422. The zero-order valence-electron chi connectivity index (χ0n) is 45.5. The van der Waals surface area contributed by atoms with Crippen molar-refractivity contribution in [3.8, 4) is 0 Å². The molecule has 22 N–H and O–H groups in total. The van der Waals surface area contributed by atoms with Crippen LogP contribution in [-0.2, 0) is 66.4 Å². The van der Waals surface area contributed by atoms with Crippen molar-refractivity contribution in [2.75, 3.05) is 79.0 Å². The number of ether oxygens (including phenoxy) is 12. The topological polar surface area (TPSA) is 577 Å². The molecule has 37 nitrogen and oxygen atoms in total. The molecule has 6 rings (SSSR count). The summed E-state index contributed by atoms with van der Waals surface area (Å²) in [5, 5.41) is 213. The number of aliphatic hydroxyl groups is 20. The maximum absolute atomic E-state index is 13.2. The van der Waals surface area contributed by atoms with Gasteiger partial charge in [0.2, 0.25) is 11.8 Å². The number of hydrogen-bond donors (Lipinski definition) is 22.